The maximum atomic E-state index is 13.6. The average Bonchev–Trinajstić information content (AvgIpc) is 3.48. The number of aromatic nitrogens is 3. The Morgan fingerprint density at radius 2 is 1.87 bits per heavy atom. The monoisotopic (exact) mass is 472 g/mol. The van der Waals surface area contributed by atoms with Crippen molar-refractivity contribution < 1.29 is 4.79 Å². The van der Waals surface area contributed by atoms with Crippen molar-refractivity contribution in [3.8, 4) is 0 Å². The Kier molecular flexibility index (Phi) is 5.20. The Morgan fingerprint density at radius 1 is 1.03 bits per heavy atom. The summed E-state index contributed by atoms with van der Waals surface area (Å²) in [5, 5.41) is 6.75. The maximum Gasteiger partial charge on any atom is 0.271 e. The van der Waals surface area contributed by atoms with Crippen molar-refractivity contribution in [2.24, 2.45) is 0 Å². The molecule has 5 rings (SSSR count). The molecule has 3 aromatic heterocycles. The number of rotatable bonds is 5. The first-order valence-corrected chi connectivity index (χ1v) is 11.5. The SMILES string of the molecule is O=C(c1sc2ccccc2c1Cl)N(CCn1cccn1)c1nc2c(Cl)cccc2s1. The minimum atomic E-state index is -0.177. The second-order valence-electron chi connectivity index (χ2n) is 6.55. The number of anilines is 1. The number of thiazole rings is 1. The molecule has 0 saturated heterocycles. The van der Waals surface area contributed by atoms with Crippen molar-refractivity contribution in [3.05, 3.63) is 75.8 Å². The second-order valence-corrected chi connectivity index (χ2v) is 9.40. The zero-order valence-electron chi connectivity index (χ0n) is 15.5. The Morgan fingerprint density at radius 3 is 2.63 bits per heavy atom. The molecule has 30 heavy (non-hydrogen) atoms. The Balaban J connectivity index is 1.57. The molecule has 0 aliphatic heterocycles. The largest absolute Gasteiger partial charge is 0.281 e. The van der Waals surface area contributed by atoms with Gasteiger partial charge in [-0.1, -0.05) is 58.8 Å². The number of halogens is 2. The highest BCUT2D eigenvalue weighted by Crippen LogP contribution is 2.38. The molecule has 0 unspecified atom stereocenters. The molecule has 9 heteroatoms. The summed E-state index contributed by atoms with van der Waals surface area (Å²) in [6.45, 7) is 0.938. The van der Waals surface area contributed by atoms with Gasteiger partial charge in [0.1, 0.15) is 10.4 Å². The fraction of sp³-hybridized carbons (Fsp3) is 0.0952. The number of hydrogen-bond acceptors (Lipinski definition) is 5. The molecule has 150 valence electrons. The number of para-hydroxylation sites is 1. The number of benzene rings is 2. The van der Waals surface area contributed by atoms with Crippen LogP contribution in [-0.2, 0) is 6.54 Å². The summed E-state index contributed by atoms with van der Waals surface area (Å²) in [5.74, 6) is -0.177. The van der Waals surface area contributed by atoms with Crippen LogP contribution < -0.4 is 4.90 Å². The fourth-order valence-electron chi connectivity index (χ4n) is 3.21. The number of nitrogens with zero attached hydrogens (tertiary/aromatic N) is 4. The summed E-state index contributed by atoms with van der Waals surface area (Å²) < 4.78 is 3.69. The van der Waals surface area contributed by atoms with E-state index in [2.05, 4.69) is 10.1 Å². The molecule has 2 aromatic carbocycles. The normalized spacial score (nSPS) is 11.4. The van der Waals surface area contributed by atoms with E-state index in [1.54, 1.807) is 21.8 Å². The molecule has 1 amide bonds. The molecule has 0 atom stereocenters. The van der Waals surface area contributed by atoms with Gasteiger partial charge in [-0.25, -0.2) is 4.98 Å². The molecular weight excluding hydrogens is 459 g/mol. The smallest absolute Gasteiger partial charge is 0.271 e. The van der Waals surface area contributed by atoms with Crippen molar-refractivity contribution in [1.82, 2.24) is 14.8 Å². The van der Waals surface area contributed by atoms with Crippen molar-refractivity contribution >= 4 is 77.2 Å². The fourth-order valence-corrected chi connectivity index (χ4v) is 5.96. The average molecular weight is 473 g/mol. The predicted molar refractivity (Wildman–Crippen MR) is 125 cm³/mol. The van der Waals surface area contributed by atoms with Gasteiger partial charge in [0.25, 0.3) is 5.91 Å². The number of amides is 1. The third-order valence-corrected chi connectivity index (χ3v) is 7.69. The third-order valence-electron chi connectivity index (χ3n) is 4.68. The van der Waals surface area contributed by atoms with Crippen molar-refractivity contribution in [1.29, 1.82) is 0 Å². The molecule has 3 heterocycles. The molecule has 0 spiro atoms. The maximum absolute atomic E-state index is 13.6. The molecule has 0 saturated carbocycles. The summed E-state index contributed by atoms with van der Waals surface area (Å²) in [6, 6.07) is 15.2. The zero-order valence-corrected chi connectivity index (χ0v) is 18.6. The minimum absolute atomic E-state index is 0.177. The van der Waals surface area contributed by atoms with Gasteiger partial charge in [-0.2, -0.15) is 5.10 Å². The molecule has 0 aliphatic rings. The molecular formula is C21H14Cl2N4OS2. The van der Waals surface area contributed by atoms with Crippen LogP contribution in [0.1, 0.15) is 9.67 Å². The summed E-state index contributed by atoms with van der Waals surface area (Å²) in [6.07, 6.45) is 3.58. The zero-order chi connectivity index (χ0) is 20.7. The van der Waals surface area contributed by atoms with E-state index in [1.807, 2.05) is 48.7 Å². The highest BCUT2D eigenvalue weighted by molar-refractivity contribution is 7.23. The van der Waals surface area contributed by atoms with Crippen LogP contribution in [-0.4, -0.2) is 27.2 Å². The van der Waals surface area contributed by atoms with E-state index < -0.39 is 0 Å². The van der Waals surface area contributed by atoms with Crippen LogP contribution in [0.4, 0.5) is 5.13 Å². The molecule has 0 radical (unpaired) electrons. The first-order chi connectivity index (χ1) is 14.6. The second kappa shape index (κ2) is 8.00. The summed E-state index contributed by atoms with van der Waals surface area (Å²) in [7, 11) is 0. The van der Waals surface area contributed by atoms with Crippen LogP contribution in [0.25, 0.3) is 20.3 Å². The van der Waals surface area contributed by atoms with E-state index in [4.69, 9.17) is 23.2 Å². The van der Waals surface area contributed by atoms with Gasteiger partial charge in [-0.05, 0) is 24.3 Å². The summed E-state index contributed by atoms with van der Waals surface area (Å²) >= 11 is 15.7. The standard InChI is InChI=1S/C21H14Cl2N4OS2/c22-14-6-3-8-16-18(14)25-21(30-16)27(12-11-26-10-4-9-24-26)20(28)19-17(23)13-5-1-2-7-15(13)29-19/h1-10H,11-12H2. The molecule has 5 nitrogen and oxygen atoms in total. The summed E-state index contributed by atoms with van der Waals surface area (Å²) in [5.41, 5.74) is 0.693. The van der Waals surface area contributed by atoms with Crippen LogP contribution in [0, 0.1) is 0 Å². The van der Waals surface area contributed by atoms with Crippen LogP contribution in [0.5, 0.6) is 0 Å². The highest BCUT2D eigenvalue weighted by atomic mass is 35.5. The number of carbonyl (C=O) groups is 1. The number of carbonyl (C=O) groups excluding carboxylic acids is 1. The highest BCUT2D eigenvalue weighted by Gasteiger charge is 2.26. The van der Waals surface area contributed by atoms with Crippen LogP contribution in [0.15, 0.2) is 60.9 Å². The van der Waals surface area contributed by atoms with Crippen LogP contribution in [0.2, 0.25) is 10.0 Å². The Bertz CT molecular complexity index is 1360. The lowest BCUT2D eigenvalue weighted by Crippen LogP contribution is -2.33. The lowest BCUT2D eigenvalue weighted by molar-refractivity contribution is 0.0990. The van der Waals surface area contributed by atoms with E-state index in [9.17, 15) is 4.79 Å². The minimum Gasteiger partial charge on any atom is -0.281 e. The van der Waals surface area contributed by atoms with Gasteiger partial charge in [-0.3, -0.25) is 14.4 Å². The Hall–Kier alpha value is -2.45. The van der Waals surface area contributed by atoms with Gasteiger partial charge in [0.15, 0.2) is 5.13 Å². The van der Waals surface area contributed by atoms with E-state index >= 15 is 0 Å². The van der Waals surface area contributed by atoms with E-state index in [0.717, 1.165) is 14.8 Å². The van der Waals surface area contributed by atoms with Crippen molar-refractivity contribution in [2.75, 3.05) is 11.4 Å². The first-order valence-electron chi connectivity index (χ1n) is 9.13. The molecule has 0 fully saturated rings. The number of thiophene rings is 1. The quantitative estimate of drug-likeness (QED) is 0.298. The van der Waals surface area contributed by atoms with Crippen molar-refractivity contribution in [2.45, 2.75) is 6.54 Å². The van der Waals surface area contributed by atoms with E-state index in [-0.39, 0.29) is 5.91 Å². The van der Waals surface area contributed by atoms with Gasteiger partial charge in [0.2, 0.25) is 0 Å². The Labute approximate surface area is 190 Å². The molecule has 5 aromatic rings. The van der Waals surface area contributed by atoms with Gasteiger partial charge < -0.3 is 0 Å². The topological polar surface area (TPSA) is 51.0 Å². The van der Waals surface area contributed by atoms with Gasteiger partial charge in [0, 0.05) is 29.0 Å². The van der Waals surface area contributed by atoms with E-state index in [0.29, 0.717) is 38.7 Å². The predicted octanol–water partition coefficient (Wildman–Crippen LogP) is 6.36. The van der Waals surface area contributed by atoms with Gasteiger partial charge >= 0.3 is 0 Å². The molecule has 0 N–H and O–H groups in total. The van der Waals surface area contributed by atoms with Crippen LogP contribution >= 0.6 is 45.9 Å². The number of hydrogen-bond donors (Lipinski definition) is 0. The van der Waals surface area contributed by atoms with Gasteiger partial charge in [0.05, 0.1) is 21.3 Å². The van der Waals surface area contributed by atoms with E-state index in [1.165, 1.54) is 22.7 Å². The first kappa shape index (κ1) is 19.5. The molecule has 0 aliphatic carbocycles. The lowest BCUT2D eigenvalue weighted by atomic mass is 10.2. The lowest BCUT2D eigenvalue weighted by Gasteiger charge is -2.19. The molecule has 0 bridgehead atoms. The number of fused-ring (bicyclic) bond motifs is 2. The van der Waals surface area contributed by atoms with Crippen molar-refractivity contribution in [3.63, 3.8) is 0 Å². The third kappa shape index (κ3) is 3.48. The summed E-state index contributed by atoms with van der Waals surface area (Å²) in [4.78, 5) is 20.4. The van der Waals surface area contributed by atoms with Crippen LogP contribution in [0.3, 0.4) is 0 Å². The van der Waals surface area contributed by atoms with Gasteiger partial charge in [-0.15, -0.1) is 11.3 Å².